The number of benzene rings is 3. The van der Waals surface area contributed by atoms with Gasteiger partial charge < -0.3 is 4.74 Å². The third kappa shape index (κ3) is 5.52. The summed E-state index contributed by atoms with van der Waals surface area (Å²) in [6.07, 6.45) is -0.765. The standard InChI is InChI=1S/C22H21N3O3S/c1-14-7-9-17(10-8-14)21(27)23-22(29)25-24-20(26)15(2)28-19-12-11-16-5-3-4-6-18(16)13-19/h3-13,15H,1-2H3,(H,24,26)(H2,23,25,27,29)/t15-/m1/s1. The Morgan fingerprint density at radius 1 is 0.931 bits per heavy atom. The van der Waals surface area contributed by atoms with Gasteiger partial charge in [-0.2, -0.15) is 0 Å². The molecule has 0 aromatic heterocycles. The monoisotopic (exact) mass is 407 g/mol. The van der Waals surface area contributed by atoms with Crippen LogP contribution >= 0.6 is 12.2 Å². The maximum Gasteiger partial charge on any atom is 0.279 e. The highest BCUT2D eigenvalue weighted by Gasteiger charge is 2.15. The Balaban J connectivity index is 1.49. The number of thiocarbonyl (C=S) groups is 1. The predicted octanol–water partition coefficient (Wildman–Crippen LogP) is 3.25. The number of carbonyl (C=O) groups is 2. The molecule has 29 heavy (non-hydrogen) atoms. The Hall–Kier alpha value is -3.45. The van der Waals surface area contributed by atoms with Gasteiger partial charge in [0.15, 0.2) is 11.2 Å². The van der Waals surface area contributed by atoms with E-state index < -0.39 is 12.0 Å². The Morgan fingerprint density at radius 2 is 1.62 bits per heavy atom. The van der Waals surface area contributed by atoms with Gasteiger partial charge in [0, 0.05) is 5.56 Å². The molecule has 0 saturated heterocycles. The van der Waals surface area contributed by atoms with Crippen LogP contribution in [0.2, 0.25) is 0 Å². The molecule has 3 rings (SSSR count). The Kier molecular flexibility index (Phi) is 6.41. The fourth-order valence-corrected chi connectivity index (χ4v) is 2.77. The molecule has 0 fully saturated rings. The average Bonchev–Trinajstić information content (AvgIpc) is 2.72. The van der Waals surface area contributed by atoms with E-state index in [1.54, 1.807) is 19.1 Å². The van der Waals surface area contributed by atoms with Crippen LogP contribution < -0.4 is 20.9 Å². The third-order valence-corrected chi connectivity index (χ3v) is 4.45. The highest BCUT2D eigenvalue weighted by molar-refractivity contribution is 7.80. The van der Waals surface area contributed by atoms with Gasteiger partial charge in [-0.3, -0.25) is 25.8 Å². The molecule has 0 spiro atoms. The summed E-state index contributed by atoms with van der Waals surface area (Å²) < 4.78 is 5.70. The molecule has 1 atom stereocenters. The Labute approximate surface area is 174 Å². The van der Waals surface area contributed by atoms with Crippen LogP contribution in [0.4, 0.5) is 0 Å². The summed E-state index contributed by atoms with van der Waals surface area (Å²) in [5.74, 6) is -0.205. The van der Waals surface area contributed by atoms with Crippen molar-refractivity contribution in [3.05, 3.63) is 77.9 Å². The van der Waals surface area contributed by atoms with Crippen LogP contribution in [0.1, 0.15) is 22.8 Å². The predicted molar refractivity (Wildman–Crippen MR) is 117 cm³/mol. The normalized spacial score (nSPS) is 11.4. The summed E-state index contributed by atoms with van der Waals surface area (Å²) in [6.45, 7) is 3.56. The first-order valence-electron chi connectivity index (χ1n) is 9.05. The van der Waals surface area contributed by atoms with E-state index in [0.717, 1.165) is 16.3 Å². The molecule has 7 heteroatoms. The quantitative estimate of drug-likeness (QED) is 0.457. The van der Waals surface area contributed by atoms with Crippen molar-refractivity contribution < 1.29 is 14.3 Å². The van der Waals surface area contributed by atoms with Crippen LogP contribution in [0.3, 0.4) is 0 Å². The van der Waals surface area contributed by atoms with Crippen molar-refractivity contribution in [3.63, 3.8) is 0 Å². The van der Waals surface area contributed by atoms with Gasteiger partial charge in [-0.15, -0.1) is 0 Å². The zero-order valence-corrected chi connectivity index (χ0v) is 16.9. The molecule has 0 bridgehead atoms. The fourth-order valence-electron chi connectivity index (χ4n) is 2.63. The van der Waals surface area contributed by atoms with Crippen molar-refractivity contribution >= 4 is 39.9 Å². The lowest BCUT2D eigenvalue weighted by atomic mass is 10.1. The summed E-state index contributed by atoms with van der Waals surface area (Å²) in [5.41, 5.74) is 6.47. The topological polar surface area (TPSA) is 79.5 Å². The number of hydrazine groups is 1. The van der Waals surface area contributed by atoms with Gasteiger partial charge in [-0.25, -0.2) is 0 Å². The van der Waals surface area contributed by atoms with Gasteiger partial charge >= 0.3 is 0 Å². The number of fused-ring (bicyclic) bond motifs is 1. The molecule has 0 unspecified atom stereocenters. The molecule has 0 saturated carbocycles. The average molecular weight is 407 g/mol. The molecule has 148 valence electrons. The SMILES string of the molecule is Cc1ccc(C(=O)NC(=S)NNC(=O)[C@@H](C)Oc2ccc3ccccc3c2)cc1. The van der Waals surface area contributed by atoms with E-state index in [-0.39, 0.29) is 11.0 Å². The lowest BCUT2D eigenvalue weighted by Gasteiger charge is -2.16. The van der Waals surface area contributed by atoms with Crippen molar-refractivity contribution in [3.8, 4) is 5.75 Å². The lowest BCUT2D eigenvalue weighted by Crippen LogP contribution is -2.51. The minimum atomic E-state index is -0.765. The molecule has 3 aromatic rings. The van der Waals surface area contributed by atoms with E-state index >= 15 is 0 Å². The molecular formula is C22H21N3O3S. The van der Waals surface area contributed by atoms with Crippen LogP contribution in [-0.4, -0.2) is 23.0 Å². The van der Waals surface area contributed by atoms with Crippen molar-refractivity contribution in [2.24, 2.45) is 0 Å². The van der Waals surface area contributed by atoms with Gasteiger partial charge in [0.25, 0.3) is 11.8 Å². The second-order valence-corrected chi connectivity index (χ2v) is 6.94. The molecule has 0 heterocycles. The fraction of sp³-hybridized carbons (Fsp3) is 0.136. The molecule has 0 radical (unpaired) electrons. The van der Waals surface area contributed by atoms with Gasteiger partial charge in [0.05, 0.1) is 0 Å². The van der Waals surface area contributed by atoms with Crippen molar-refractivity contribution in [1.82, 2.24) is 16.2 Å². The minimum absolute atomic E-state index is 0.0122. The van der Waals surface area contributed by atoms with E-state index in [9.17, 15) is 9.59 Å². The zero-order valence-electron chi connectivity index (χ0n) is 16.1. The lowest BCUT2D eigenvalue weighted by molar-refractivity contribution is -0.127. The molecule has 0 aliphatic heterocycles. The number of ether oxygens (including phenoxy) is 1. The first-order chi connectivity index (χ1) is 13.9. The number of nitrogens with one attached hydrogen (secondary N) is 3. The first-order valence-corrected chi connectivity index (χ1v) is 9.46. The second-order valence-electron chi connectivity index (χ2n) is 6.53. The summed E-state index contributed by atoms with van der Waals surface area (Å²) in [5, 5.41) is 4.61. The molecule has 0 aliphatic carbocycles. The Bertz CT molecular complexity index is 1050. The number of hydrogen-bond acceptors (Lipinski definition) is 4. The minimum Gasteiger partial charge on any atom is -0.481 e. The number of hydrogen-bond donors (Lipinski definition) is 3. The van der Waals surface area contributed by atoms with Crippen LogP contribution in [-0.2, 0) is 4.79 Å². The highest BCUT2D eigenvalue weighted by Crippen LogP contribution is 2.21. The van der Waals surface area contributed by atoms with Crippen molar-refractivity contribution in [2.75, 3.05) is 0 Å². The maximum absolute atomic E-state index is 12.2. The second kappa shape index (κ2) is 9.16. The summed E-state index contributed by atoms with van der Waals surface area (Å²) >= 11 is 5.04. The molecule has 2 amide bonds. The first kappa shape index (κ1) is 20.3. The molecular weight excluding hydrogens is 386 g/mol. The van der Waals surface area contributed by atoms with Crippen LogP contribution in [0.5, 0.6) is 5.75 Å². The van der Waals surface area contributed by atoms with Crippen LogP contribution in [0.15, 0.2) is 66.7 Å². The van der Waals surface area contributed by atoms with Gasteiger partial charge in [0.1, 0.15) is 5.75 Å². The number of aryl methyl sites for hydroxylation is 1. The number of carbonyl (C=O) groups excluding carboxylic acids is 2. The van der Waals surface area contributed by atoms with Crippen LogP contribution in [0, 0.1) is 6.92 Å². The number of rotatable bonds is 4. The molecule has 3 aromatic carbocycles. The van der Waals surface area contributed by atoms with E-state index in [4.69, 9.17) is 17.0 Å². The summed E-state index contributed by atoms with van der Waals surface area (Å²) in [4.78, 5) is 24.4. The van der Waals surface area contributed by atoms with E-state index in [1.165, 1.54) is 0 Å². The van der Waals surface area contributed by atoms with Crippen molar-refractivity contribution in [1.29, 1.82) is 0 Å². The summed E-state index contributed by atoms with van der Waals surface area (Å²) in [6, 6.07) is 20.6. The maximum atomic E-state index is 12.2. The molecule has 3 N–H and O–H groups in total. The highest BCUT2D eigenvalue weighted by atomic mass is 32.1. The van der Waals surface area contributed by atoms with E-state index in [2.05, 4.69) is 16.2 Å². The smallest absolute Gasteiger partial charge is 0.279 e. The molecule has 0 aliphatic rings. The summed E-state index contributed by atoms with van der Waals surface area (Å²) in [7, 11) is 0. The largest absolute Gasteiger partial charge is 0.481 e. The molecule has 6 nitrogen and oxygen atoms in total. The van der Waals surface area contributed by atoms with E-state index in [1.807, 2.05) is 61.5 Å². The van der Waals surface area contributed by atoms with Crippen LogP contribution in [0.25, 0.3) is 10.8 Å². The van der Waals surface area contributed by atoms with E-state index in [0.29, 0.717) is 11.3 Å². The van der Waals surface area contributed by atoms with Gasteiger partial charge in [-0.05, 0) is 61.1 Å². The van der Waals surface area contributed by atoms with Gasteiger partial charge in [0.2, 0.25) is 0 Å². The number of amides is 2. The van der Waals surface area contributed by atoms with Crippen molar-refractivity contribution in [2.45, 2.75) is 20.0 Å². The van der Waals surface area contributed by atoms with Gasteiger partial charge in [-0.1, -0.05) is 48.0 Å². The Morgan fingerprint density at radius 3 is 2.34 bits per heavy atom. The third-order valence-electron chi connectivity index (χ3n) is 4.24. The zero-order chi connectivity index (χ0) is 20.8.